The summed E-state index contributed by atoms with van der Waals surface area (Å²) in [5, 5.41) is 2.58. The third kappa shape index (κ3) is 7.13. The van der Waals surface area contributed by atoms with Gasteiger partial charge in [-0.05, 0) is 69.2 Å². The van der Waals surface area contributed by atoms with Crippen molar-refractivity contribution in [2.45, 2.75) is 38.1 Å². The maximum Gasteiger partial charge on any atom is 0.264 e. The molecular formula is C29H35N3O5S. The number of sulfonamides is 1. The van der Waals surface area contributed by atoms with Gasteiger partial charge >= 0.3 is 0 Å². The number of nitrogens with one attached hydrogen (secondary N) is 1. The molecule has 0 fully saturated rings. The normalized spacial score (nSPS) is 11.9. The number of anilines is 1. The van der Waals surface area contributed by atoms with E-state index in [0.717, 1.165) is 15.4 Å². The van der Waals surface area contributed by atoms with Gasteiger partial charge in [-0.25, -0.2) is 8.42 Å². The zero-order chi connectivity index (χ0) is 27.7. The van der Waals surface area contributed by atoms with Gasteiger partial charge in [0.25, 0.3) is 10.0 Å². The zero-order valence-electron chi connectivity index (χ0n) is 22.3. The highest BCUT2D eigenvalue weighted by molar-refractivity contribution is 7.92. The summed E-state index contributed by atoms with van der Waals surface area (Å²) in [7, 11) is -2.61. The smallest absolute Gasteiger partial charge is 0.264 e. The molecule has 9 heteroatoms. The molecule has 0 radical (unpaired) electrons. The molecule has 0 bridgehead atoms. The first-order valence-electron chi connectivity index (χ1n) is 12.5. The minimum Gasteiger partial charge on any atom is -0.494 e. The van der Waals surface area contributed by atoms with Crippen LogP contribution in [0.4, 0.5) is 5.69 Å². The van der Waals surface area contributed by atoms with Crippen LogP contribution in [0.25, 0.3) is 0 Å². The Kier molecular flexibility index (Phi) is 9.90. The van der Waals surface area contributed by atoms with Gasteiger partial charge in [-0.2, -0.15) is 0 Å². The molecule has 3 aromatic carbocycles. The summed E-state index contributed by atoms with van der Waals surface area (Å²) in [6, 6.07) is 21.9. The largest absolute Gasteiger partial charge is 0.494 e. The maximum absolute atomic E-state index is 13.8. The summed E-state index contributed by atoms with van der Waals surface area (Å²) in [6.45, 7) is 5.63. The van der Waals surface area contributed by atoms with Gasteiger partial charge in [-0.15, -0.1) is 0 Å². The predicted octanol–water partition coefficient (Wildman–Crippen LogP) is 3.79. The van der Waals surface area contributed by atoms with Crippen LogP contribution in [-0.4, -0.2) is 57.9 Å². The lowest BCUT2D eigenvalue weighted by Crippen LogP contribution is -2.51. The van der Waals surface area contributed by atoms with Gasteiger partial charge in [0.2, 0.25) is 11.8 Å². The number of benzene rings is 3. The molecule has 0 unspecified atom stereocenters. The first-order chi connectivity index (χ1) is 18.2. The Bertz CT molecular complexity index is 1310. The van der Waals surface area contributed by atoms with Crippen LogP contribution < -0.4 is 14.4 Å². The van der Waals surface area contributed by atoms with E-state index in [1.807, 2.05) is 44.2 Å². The lowest BCUT2D eigenvalue weighted by Gasteiger charge is -2.31. The summed E-state index contributed by atoms with van der Waals surface area (Å²) in [4.78, 5) is 27.7. The zero-order valence-corrected chi connectivity index (χ0v) is 23.1. The Morgan fingerprint density at radius 2 is 1.58 bits per heavy atom. The third-order valence-electron chi connectivity index (χ3n) is 6.22. The van der Waals surface area contributed by atoms with Crippen molar-refractivity contribution in [3.63, 3.8) is 0 Å². The molecule has 0 aromatic heterocycles. The predicted molar refractivity (Wildman–Crippen MR) is 149 cm³/mol. The van der Waals surface area contributed by atoms with Gasteiger partial charge in [0.05, 0.1) is 17.2 Å². The molecule has 8 nitrogen and oxygen atoms in total. The summed E-state index contributed by atoms with van der Waals surface area (Å²) in [5.41, 5.74) is 2.32. The quantitative estimate of drug-likeness (QED) is 0.379. The number of likely N-dealkylation sites (N-methyl/N-ethyl adjacent to an activating group) is 1. The second-order valence-corrected chi connectivity index (χ2v) is 10.7. The summed E-state index contributed by atoms with van der Waals surface area (Å²) in [5.74, 6) is -0.259. The van der Waals surface area contributed by atoms with Crippen LogP contribution in [0.5, 0.6) is 5.75 Å². The van der Waals surface area contributed by atoms with Crippen molar-refractivity contribution in [2.24, 2.45) is 0 Å². The van der Waals surface area contributed by atoms with Crippen molar-refractivity contribution in [1.82, 2.24) is 10.2 Å². The highest BCUT2D eigenvalue weighted by Gasteiger charge is 2.32. The van der Waals surface area contributed by atoms with Gasteiger partial charge in [0, 0.05) is 13.6 Å². The first-order valence-corrected chi connectivity index (χ1v) is 14.0. The maximum atomic E-state index is 13.8. The number of nitrogens with zero attached hydrogens (tertiary/aromatic N) is 2. The molecule has 0 aliphatic heterocycles. The Balaban J connectivity index is 1.96. The second kappa shape index (κ2) is 13.1. The molecule has 0 aliphatic carbocycles. The summed E-state index contributed by atoms with van der Waals surface area (Å²) >= 11 is 0. The fourth-order valence-electron chi connectivity index (χ4n) is 4.02. The number of ether oxygens (including phenoxy) is 1. The monoisotopic (exact) mass is 537 g/mol. The number of aryl methyl sites for hydroxylation is 1. The van der Waals surface area contributed by atoms with Crippen LogP contribution in [0.3, 0.4) is 0 Å². The Labute approximate surface area is 225 Å². The van der Waals surface area contributed by atoms with Gasteiger partial charge in [-0.1, -0.05) is 48.0 Å². The van der Waals surface area contributed by atoms with Crippen LogP contribution >= 0.6 is 0 Å². The van der Waals surface area contributed by atoms with Gasteiger partial charge in [0.1, 0.15) is 18.3 Å². The molecule has 0 saturated carbocycles. The molecule has 38 heavy (non-hydrogen) atoms. The van der Waals surface area contributed by atoms with Crippen LogP contribution in [-0.2, 0) is 26.0 Å². The van der Waals surface area contributed by atoms with E-state index in [1.165, 1.54) is 24.1 Å². The first kappa shape index (κ1) is 28.7. The van der Waals surface area contributed by atoms with Crippen molar-refractivity contribution in [3.8, 4) is 5.75 Å². The number of hydrogen-bond donors (Lipinski definition) is 1. The van der Waals surface area contributed by atoms with E-state index in [-0.39, 0.29) is 17.3 Å². The minimum absolute atomic E-state index is 0.0320. The fourth-order valence-corrected chi connectivity index (χ4v) is 5.43. The molecule has 1 atom stereocenters. The number of hydrogen-bond acceptors (Lipinski definition) is 5. The van der Waals surface area contributed by atoms with E-state index in [4.69, 9.17) is 4.74 Å². The van der Waals surface area contributed by atoms with Crippen molar-refractivity contribution >= 4 is 27.5 Å². The minimum atomic E-state index is -4.12. The van der Waals surface area contributed by atoms with Gasteiger partial charge in [0.15, 0.2) is 0 Å². The molecule has 3 rings (SSSR count). The molecule has 0 saturated heterocycles. The molecule has 0 spiro atoms. The Morgan fingerprint density at radius 1 is 0.947 bits per heavy atom. The molecule has 3 aromatic rings. The number of carbonyl (C=O) groups is 2. The lowest BCUT2D eigenvalue weighted by atomic mass is 10.1. The van der Waals surface area contributed by atoms with Crippen molar-refractivity contribution in [1.29, 1.82) is 0 Å². The summed E-state index contributed by atoms with van der Waals surface area (Å²) < 4.78 is 34.2. The Morgan fingerprint density at radius 3 is 2.16 bits per heavy atom. The molecule has 0 aliphatic rings. The van der Waals surface area contributed by atoms with Crippen LogP contribution in [0.2, 0.25) is 0 Å². The van der Waals surface area contributed by atoms with Crippen molar-refractivity contribution in [3.05, 3.63) is 90.0 Å². The molecule has 2 amide bonds. The Hall–Kier alpha value is -3.85. The second-order valence-electron chi connectivity index (χ2n) is 8.86. The standard InChI is InChI=1S/C29H35N3O5S/c1-5-37-26-15-17-27(18-16-26)38(35,36)32(25-13-11-22(2)12-14-25)21-28(33)31(23(3)29(34)30-4)20-19-24-9-7-6-8-10-24/h6-18,23H,5,19-21H2,1-4H3,(H,30,34)/t23-/m1/s1. The van der Waals surface area contributed by atoms with Gasteiger partial charge < -0.3 is 15.0 Å². The highest BCUT2D eigenvalue weighted by atomic mass is 32.2. The third-order valence-corrected chi connectivity index (χ3v) is 8.01. The lowest BCUT2D eigenvalue weighted by molar-refractivity contribution is -0.138. The van der Waals surface area contributed by atoms with E-state index in [1.54, 1.807) is 43.3 Å². The van der Waals surface area contributed by atoms with E-state index >= 15 is 0 Å². The topological polar surface area (TPSA) is 96.0 Å². The number of rotatable bonds is 12. The van der Waals surface area contributed by atoms with E-state index in [0.29, 0.717) is 24.5 Å². The van der Waals surface area contributed by atoms with E-state index < -0.39 is 28.5 Å². The molecule has 0 heterocycles. The molecule has 1 N–H and O–H groups in total. The highest BCUT2D eigenvalue weighted by Crippen LogP contribution is 2.26. The molecule has 202 valence electrons. The number of amides is 2. The van der Waals surface area contributed by atoms with Crippen molar-refractivity contribution in [2.75, 3.05) is 31.0 Å². The average molecular weight is 538 g/mol. The van der Waals surface area contributed by atoms with Crippen molar-refractivity contribution < 1.29 is 22.7 Å². The van der Waals surface area contributed by atoms with Crippen LogP contribution in [0.1, 0.15) is 25.0 Å². The number of carbonyl (C=O) groups excluding carboxylic acids is 2. The van der Waals surface area contributed by atoms with Crippen LogP contribution in [0.15, 0.2) is 83.8 Å². The average Bonchev–Trinajstić information content (AvgIpc) is 2.93. The summed E-state index contributed by atoms with van der Waals surface area (Å²) in [6.07, 6.45) is 0.518. The SMILES string of the molecule is CCOc1ccc(S(=O)(=O)N(CC(=O)N(CCc2ccccc2)[C@H](C)C(=O)NC)c2ccc(C)cc2)cc1. The van der Waals surface area contributed by atoms with Gasteiger partial charge in [-0.3, -0.25) is 13.9 Å². The fraction of sp³-hybridized carbons (Fsp3) is 0.310. The van der Waals surface area contributed by atoms with E-state index in [9.17, 15) is 18.0 Å². The van der Waals surface area contributed by atoms with E-state index in [2.05, 4.69) is 5.32 Å². The van der Waals surface area contributed by atoms with Crippen LogP contribution in [0, 0.1) is 6.92 Å². The molecular weight excluding hydrogens is 502 g/mol.